The van der Waals surface area contributed by atoms with Crippen LogP contribution in [0.15, 0.2) is 48.5 Å². The Hall–Kier alpha value is -2.66. The van der Waals surface area contributed by atoms with Crippen LogP contribution in [0, 0.1) is 0 Å². The van der Waals surface area contributed by atoms with E-state index in [9.17, 15) is 9.59 Å². The summed E-state index contributed by atoms with van der Waals surface area (Å²) in [7, 11) is 0. The lowest BCUT2D eigenvalue weighted by Gasteiger charge is -2.36. The Bertz CT molecular complexity index is 941. The Morgan fingerprint density at radius 3 is 1.70 bits per heavy atom. The summed E-state index contributed by atoms with van der Waals surface area (Å²) in [5.41, 5.74) is 2.39. The van der Waals surface area contributed by atoms with Gasteiger partial charge in [0.05, 0.1) is 5.56 Å². The summed E-state index contributed by atoms with van der Waals surface area (Å²) in [5.74, 6) is -0.368. The third-order valence-electron chi connectivity index (χ3n) is 5.01. The van der Waals surface area contributed by atoms with E-state index < -0.39 is 5.60 Å². The highest BCUT2D eigenvalue weighted by Crippen LogP contribution is 2.22. The highest BCUT2D eigenvalue weighted by Gasteiger charge is 2.28. The Balaban J connectivity index is 2.15. The zero-order chi connectivity index (χ0) is 25.0. The quantitative estimate of drug-likeness (QED) is 0.549. The SMILES string of the molecule is CC(C)(C)NCc1ccc(C(=O)N(Cc2ccc(C(=O)OC(C)(C)C)cc2)C(C)(C)C)cc1. The number of nitrogens with one attached hydrogen (secondary N) is 1. The lowest BCUT2D eigenvalue weighted by Crippen LogP contribution is -2.45. The number of hydrogen-bond donors (Lipinski definition) is 1. The van der Waals surface area contributed by atoms with E-state index in [1.54, 1.807) is 12.1 Å². The van der Waals surface area contributed by atoms with Crippen LogP contribution in [0.5, 0.6) is 0 Å². The third-order valence-corrected chi connectivity index (χ3v) is 5.01. The van der Waals surface area contributed by atoms with Crippen molar-refractivity contribution >= 4 is 11.9 Å². The van der Waals surface area contributed by atoms with Crippen molar-refractivity contribution in [2.24, 2.45) is 0 Å². The van der Waals surface area contributed by atoms with Crippen molar-refractivity contribution in [2.75, 3.05) is 0 Å². The van der Waals surface area contributed by atoms with Crippen LogP contribution >= 0.6 is 0 Å². The summed E-state index contributed by atoms with van der Waals surface area (Å²) < 4.78 is 5.43. The molecule has 0 saturated carbocycles. The molecule has 0 spiro atoms. The number of amides is 1. The average molecular weight is 453 g/mol. The van der Waals surface area contributed by atoms with Crippen molar-refractivity contribution in [1.82, 2.24) is 10.2 Å². The highest BCUT2D eigenvalue weighted by atomic mass is 16.6. The fourth-order valence-corrected chi connectivity index (χ4v) is 3.17. The lowest BCUT2D eigenvalue weighted by atomic mass is 10.0. The molecule has 0 saturated heterocycles. The van der Waals surface area contributed by atoms with Gasteiger partial charge >= 0.3 is 5.97 Å². The van der Waals surface area contributed by atoms with Crippen LogP contribution in [0.2, 0.25) is 0 Å². The number of rotatable bonds is 6. The number of nitrogens with zero attached hydrogens (tertiary/aromatic N) is 1. The lowest BCUT2D eigenvalue weighted by molar-refractivity contribution is 0.00691. The van der Waals surface area contributed by atoms with Gasteiger partial charge in [-0.15, -0.1) is 0 Å². The van der Waals surface area contributed by atoms with E-state index in [-0.39, 0.29) is 23.0 Å². The van der Waals surface area contributed by atoms with Gasteiger partial charge in [-0.2, -0.15) is 0 Å². The molecular formula is C28H40N2O3. The minimum absolute atomic E-state index is 0.0194. The first-order chi connectivity index (χ1) is 15.0. The highest BCUT2D eigenvalue weighted by molar-refractivity contribution is 5.94. The van der Waals surface area contributed by atoms with Gasteiger partial charge in [0.2, 0.25) is 0 Å². The van der Waals surface area contributed by atoms with Crippen LogP contribution < -0.4 is 5.32 Å². The first-order valence-electron chi connectivity index (χ1n) is 11.5. The Kier molecular flexibility index (Phi) is 8.13. The van der Waals surface area contributed by atoms with Crippen molar-refractivity contribution in [3.8, 4) is 0 Å². The molecule has 0 aromatic heterocycles. The van der Waals surface area contributed by atoms with E-state index >= 15 is 0 Å². The second kappa shape index (κ2) is 10.1. The minimum Gasteiger partial charge on any atom is -0.456 e. The predicted octanol–water partition coefficient (Wildman–Crippen LogP) is 5.97. The zero-order valence-corrected chi connectivity index (χ0v) is 21.7. The zero-order valence-electron chi connectivity index (χ0n) is 21.7. The number of carbonyl (C=O) groups excluding carboxylic acids is 2. The molecule has 180 valence electrons. The maximum atomic E-state index is 13.4. The molecule has 2 aromatic rings. The summed E-state index contributed by atoms with van der Waals surface area (Å²) >= 11 is 0. The van der Waals surface area contributed by atoms with E-state index in [1.807, 2.05) is 82.8 Å². The van der Waals surface area contributed by atoms with Gasteiger partial charge in [0.1, 0.15) is 5.60 Å². The molecule has 1 amide bonds. The second-order valence-electron chi connectivity index (χ2n) is 11.6. The molecule has 0 aliphatic rings. The first kappa shape index (κ1) is 26.6. The van der Waals surface area contributed by atoms with Gasteiger partial charge in [0.15, 0.2) is 0 Å². The molecule has 0 atom stereocenters. The van der Waals surface area contributed by atoms with Crippen molar-refractivity contribution in [3.63, 3.8) is 0 Å². The van der Waals surface area contributed by atoms with Crippen molar-refractivity contribution < 1.29 is 14.3 Å². The molecule has 0 unspecified atom stereocenters. The number of hydrogen-bond acceptors (Lipinski definition) is 4. The average Bonchev–Trinajstić information content (AvgIpc) is 2.68. The molecule has 0 aliphatic carbocycles. The Morgan fingerprint density at radius 2 is 1.24 bits per heavy atom. The maximum absolute atomic E-state index is 13.4. The smallest absolute Gasteiger partial charge is 0.338 e. The molecule has 2 aromatic carbocycles. The van der Waals surface area contributed by atoms with Crippen LogP contribution in [-0.2, 0) is 17.8 Å². The summed E-state index contributed by atoms with van der Waals surface area (Å²) in [6.45, 7) is 19.2. The van der Waals surface area contributed by atoms with E-state index in [0.717, 1.165) is 17.7 Å². The standard InChI is InChI=1S/C28H40N2O3/c1-26(2,3)29-18-20-10-14-22(15-11-20)24(31)30(27(4,5)6)19-21-12-16-23(17-13-21)25(32)33-28(7,8)9/h10-17,29H,18-19H2,1-9H3. The van der Waals surface area contributed by atoms with Crippen molar-refractivity contribution in [1.29, 1.82) is 0 Å². The summed E-state index contributed by atoms with van der Waals surface area (Å²) in [4.78, 5) is 27.5. The van der Waals surface area contributed by atoms with Crippen LogP contribution in [0.1, 0.15) is 94.2 Å². The topological polar surface area (TPSA) is 58.6 Å². The van der Waals surface area contributed by atoms with Crippen LogP contribution in [0.4, 0.5) is 0 Å². The summed E-state index contributed by atoms with van der Waals surface area (Å²) in [6, 6.07) is 15.1. The Morgan fingerprint density at radius 1 is 0.758 bits per heavy atom. The first-order valence-corrected chi connectivity index (χ1v) is 11.5. The van der Waals surface area contributed by atoms with E-state index in [1.165, 1.54) is 0 Å². The number of esters is 1. The summed E-state index contributed by atoms with van der Waals surface area (Å²) in [5, 5.41) is 3.46. The van der Waals surface area contributed by atoms with Gasteiger partial charge in [-0.25, -0.2) is 4.79 Å². The molecule has 0 bridgehead atoms. The van der Waals surface area contributed by atoms with Gasteiger partial charge < -0.3 is 15.0 Å². The normalized spacial score (nSPS) is 12.4. The fraction of sp³-hybridized carbons (Fsp3) is 0.500. The molecule has 0 heterocycles. The third kappa shape index (κ3) is 8.65. The number of ether oxygens (including phenoxy) is 1. The molecule has 0 aliphatic heterocycles. The van der Waals surface area contributed by atoms with Gasteiger partial charge in [-0.05, 0) is 97.7 Å². The second-order valence-corrected chi connectivity index (χ2v) is 11.6. The molecule has 1 N–H and O–H groups in total. The molecule has 5 nitrogen and oxygen atoms in total. The minimum atomic E-state index is -0.538. The van der Waals surface area contributed by atoms with E-state index in [4.69, 9.17) is 4.74 Å². The maximum Gasteiger partial charge on any atom is 0.338 e. The summed E-state index contributed by atoms with van der Waals surface area (Å²) in [6.07, 6.45) is 0. The van der Waals surface area contributed by atoms with Gasteiger partial charge in [0.25, 0.3) is 5.91 Å². The molecule has 33 heavy (non-hydrogen) atoms. The molecule has 2 rings (SSSR count). The van der Waals surface area contributed by atoms with Crippen LogP contribution in [-0.4, -0.2) is 33.5 Å². The molecule has 5 heteroatoms. The van der Waals surface area contributed by atoms with Crippen LogP contribution in [0.25, 0.3) is 0 Å². The molecule has 0 fully saturated rings. The molecular weight excluding hydrogens is 412 g/mol. The largest absolute Gasteiger partial charge is 0.456 e. The van der Waals surface area contributed by atoms with E-state index in [0.29, 0.717) is 17.7 Å². The van der Waals surface area contributed by atoms with E-state index in [2.05, 4.69) is 26.1 Å². The Labute approximate surface area is 199 Å². The van der Waals surface area contributed by atoms with Gasteiger partial charge in [-0.3, -0.25) is 4.79 Å². The molecule has 0 radical (unpaired) electrons. The van der Waals surface area contributed by atoms with Crippen LogP contribution in [0.3, 0.4) is 0 Å². The monoisotopic (exact) mass is 452 g/mol. The fourth-order valence-electron chi connectivity index (χ4n) is 3.17. The van der Waals surface area contributed by atoms with Gasteiger partial charge in [-0.1, -0.05) is 24.3 Å². The number of benzene rings is 2. The number of carbonyl (C=O) groups is 2. The van der Waals surface area contributed by atoms with Crippen molar-refractivity contribution in [3.05, 3.63) is 70.8 Å². The van der Waals surface area contributed by atoms with Crippen molar-refractivity contribution in [2.45, 2.75) is 92.1 Å². The van der Waals surface area contributed by atoms with Gasteiger partial charge in [0, 0.05) is 29.7 Å². The predicted molar refractivity (Wildman–Crippen MR) is 134 cm³/mol.